The molecule has 5 rings (SSSR count). The van der Waals surface area contributed by atoms with Crippen LogP contribution in [-0.4, -0.2) is 109 Å². The zero-order chi connectivity index (χ0) is 34.0. The molecule has 266 valence electrons. The molecule has 0 aromatic carbocycles. The quantitative estimate of drug-likeness (QED) is 0.172. The Morgan fingerprint density at radius 2 is 1.57 bits per heavy atom. The van der Waals surface area contributed by atoms with E-state index in [1.165, 1.54) is 0 Å². The van der Waals surface area contributed by atoms with Crippen molar-refractivity contribution in [3.8, 4) is 0 Å². The summed E-state index contributed by atoms with van der Waals surface area (Å²) in [5.41, 5.74) is -1.68. The van der Waals surface area contributed by atoms with E-state index in [4.69, 9.17) is 9.47 Å². The molecule has 10 heteroatoms. The van der Waals surface area contributed by atoms with Crippen LogP contribution in [0.3, 0.4) is 0 Å². The van der Waals surface area contributed by atoms with E-state index >= 15 is 0 Å². The third kappa shape index (κ3) is 5.37. The summed E-state index contributed by atoms with van der Waals surface area (Å²) in [6, 6.07) is 0. The largest absolute Gasteiger partial charge is 0.396 e. The van der Waals surface area contributed by atoms with E-state index in [1.807, 2.05) is 19.9 Å². The van der Waals surface area contributed by atoms with Crippen LogP contribution >= 0.6 is 0 Å². The minimum Gasteiger partial charge on any atom is -0.396 e. The van der Waals surface area contributed by atoms with E-state index in [0.717, 1.165) is 37.7 Å². The summed E-state index contributed by atoms with van der Waals surface area (Å²) in [5, 5.41) is 86.1. The van der Waals surface area contributed by atoms with Crippen LogP contribution in [0.4, 0.5) is 0 Å². The number of aliphatic hydroxyl groups is 8. The van der Waals surface area contributed by atoms with Gasteiger partial charge in [-0.3, -0.25) is 0 Å². The summed E-state index contributed by atoms with van der Waals surface area (Å²) < 4.78 is 12.6. The molecule has 5 aliphatic rings. The second kappa shape index (κ2) is 12.9. The van der Waals surface area contributed by atoms with Gasteiger partial charge in [-0.1, -0.05) is 39.3 Å². The van der Waals surface area contributed by atoms with Crippen molar-refractivity contribution in [2.75, 3.05) is 19.8 Å². The highest BCUT2D eigenvalue weighted by Gasteiger charge is 2.74. The number of fused-ring (bicyclic) bond motifs is 5. The van der Waals surface area contributed by atoms with Gasteiger partial charge < -0.3 is 50.3 Å². The Hall–Kier alpha value is -0.660. The van der Waals surface area contributed by atoms with Gasteiger partial charge in [-0.2, -0.15) is 0 Å². The molecule has 46 heavy (non-hydrogen) atoms. The monoisotopic (exact) mass is 654 g/mol. The summed E-state index contributed by atoms with van der Waals surface area (Å²) in [4.78, 5) is 0. The van der Waals surface area contributed by atoms with Crippen LogP contribution in [0.2, 0.25) is 0 Å². The van der Waals surface area contributed by atoms with Crippen molar-refractivity contribution >= 4 is 0 Å². The summed E-state index contributed by atoms with van der Waals surface area (Å²) in [6.07, 6.45) is 0.374. The number of rotatable bonds is 9. The molecule has 4 aliphatic carbocycles. The summed E-state index contributed by atoms with van der Waals surface area (Å²) in [7, 11) is 0. The minimum absolute atomic E-state index is 0.0422. The molecule has 15 atom stereocenters. The summed E-state index contributed by atoms with van der Waals surface area (Å²) in [6.45, 7) is 12.0. The van der Waals surface area contributed by atoms with Crippen LogP contribution < -0.4 is 0 Å². The number of hydrogen-bond acceptors (Lipinski definition) is 10. The van der Waals surface area contributed by atoms with Crippen molar-refractivity contribution in [2.24, 2.45) is 45.3 Å². The van der Waals surface area contributed by atoms with Gasteiger partial charge in [-0.25, -0.2) is 0 Å². The Balaban J connectivity index is 1.51. The first-order valence-electron chi connectivity index (χ1n) is 17.7. The van der Waals surface area contributed by atoms with Crippen LogP contribution in [-0.2, 0) is 9.47 Å². The van der Waals surface area contributed by atoms with Crippen LogP contribution in [0.5, 0.6) is 0 Å². The lowest BCUT2D eigenvalue weighted by Gasteiger charge is -2.71. The molecule has 0 unspecified atom stereocenters. The topological polar surface area (TPSA) is 180 Å². The highest BCUT2D eigenvalue weighted by Crippen LogP contribution is 2.76. The lowest BCUT2D eigenvalue weighted by atomic mass is 9.34. The van der Waals surface area contributed by atoms with Gasteiger partial charge in [0, 0.05) is 5.41 Å². The molecule has 0 aromatic rings. The van der Waals surface area contributed by atoms with E-state index in [9.17, 15) is 40.9 Å². The lowest BCUT2D eigenvalue weighted by molar-refractivity contribution is -0.335. The van der Waals surface area contributed by atoms with Crippen LogP contribution in [0.25, 0.3) is 0 Å². The lowest BCUT2D eigenvalue weighted by Crippen LogP contribution is -2.71. The normalized spacial score (nSPS) is 50.3. The third-order valence-electron chi connectivity index (χ3n) is 14.8. The number of hydrogen-bond donors (Lipinski definition) is 8. The Morgan fingerprint density at radius 3 is 2.20 bits per heavy atom. The van der Waals surface area contributed by atoms with Crippen molar-refractivity contribution in [3.05, 3.63) is 11.6 Å². The average Bonchev–Trinajstić information content (AvgIpc) is 3.38. The molecular weight excluding hydrogens is 592 g/mol. The van der Waals surface area contributed by atoms with Crippen LogP contribution in [0, 0.1) is 45.3 Å². The molecule has 0 radical (unpaired) electrons. The van der Waals surface area contributed by atoms with Crippen molar-refractivity contribution in [1.29, 1.82) is 0 Å². The van der Waals surface area contributed by atoms with Gasteiger partial charge in [0.1, 0.15) is 24.4 Å². The first-order valence-corrected chi connectivity index (χ1v) is 17.7. The number of ether oxygens (including phenoxy) is 2. The highest BCUT2D eigenvalue weighted by atomic mass is 16.7. The van der Waals surface area contributed by atoms with Gasteiger partial charge in [0.05, 0.1) is 37.6 Å². The van der Waals surface area contributed by atoms with E-state index in [1.54, 1.807) is 0 Å². The van der Waals surface area contributed by atoms with E-state index in [2.05, 4.69) is 27.7 Å². The maximum Gasteiger partial charge on any atom is 0.187 e. The number of aliphatic hydroxyl groups excluding tert-OH is 8. The SMILES string of the molecule is C/C(=C/CC[C@](C)(O[C@@H]1O[C@H](CO)[C@@H](O)[C@H](O)[C@H]1O)[C@H]1CC[C@]2(C)[C@@H]1CC[C@@H]1[C@@]3(C)CC[C@H](O)C(C)(C)[C@@H]3C[C@H](O)[C@]12CO)CO. The molecule has 8 N–H and O–H groups in total. The molecule has 1 saturated heterocycles. The molecular formula is C36H62O10. The van der Waals surface area contributed by atoms with Crippen molar-refractivity contribution < 1.29 is 50.3 Å². The van der Waals surface area contributed by atoms with Crippen molar-refractivity contribution in [3.63, 3.8) is 0 Å². The van der Waals surface area contributed by atoms with Gasteiger partial charge >= 0.3 is 0 Å². The molecule has 1 heterocycles. The molecule has 0 spiro atoms. The van der Waals surface area contributed by atoms with E-state index in [0.29, 0.717) is 25.7 Å². The van der Waals surface area contributed by atoms with Gasteiger partial charge in [0.25, 0.3) is 0 Å². The predicted molar refractivity (Wildman–Crippen MR) is 171 cm³/mol. The maximum absolute atomic E-state index is 12.2. The summed E-state index contributed by atoms with van der Waals surface area (Å²) in [5.74, 6) is 0.241. The molecule has 0 bridgehead atoms. The van der Waals surface area contributed by atoms with Crippen LogP contribution in [0.1, 0.15) is 99.3 Å². The van der Waals surface area contributed by atoms with Crippen molar-refractivity contribution in [2.45, 2.75) is 148 Å². The smallest absolute Gasteiger partial charge is 0.187 e. The molecule has 5 fully saturated rings. The zero-order valence-electron chi connectivity index (χ0n) is 28.8. The number of allylic oxidation sites excluding steroid dienone is 1. The Kier molecular flexibility index (Phi) is 10.3. The Morgan fingerprint density at radius 1 is 0.870 bits per heavy atom. The van der Waals surface area contributed by atoms with Gasteiger partial charge in [-0.05, 0) is 112 Å². The molecule has 1 aliphatic heterocycles. The maximum atomic E-state index is 12.2. The van der Waals surface area contributed by atoms with Crippen molar-refractivity contribution in [1.82, 2.24) is 0 Å². The molecule has 10 nitrogen and oxygen atoms in total. The first kappa shape index (κ1) is 36.6. The van der Waals surface area contributed by atoms with E-state index in [-0.39, 0.29) is 47.7 Å². The molecule has 0 amide bonds. The molecule has 0 aromatic heterocycles. The minimum atomic E-state index is -1.55. The predicted octanol–water partition coefficient (Wildman–Crippen LogP) is 2.27. The average molecular weight is 655 g/mol. The third-order valence-corrected chi connectivity index (χ3v) is 14.8. The van der Waals surface area contributed by atoms with E-state index < -0.39 is 66.0 Å². The van der Waals surface area contributed by atoms with Gasteiger partial charge in [0.2, 0.25) is 0 Å². The fourth-order valence-electron chi connectivity index (χ4n) is 12.0. The second-order valence-corrected chi connectivity index (χ2v) is 17.1. The highest BCUT2D eigenvalue weighted by molar-refractivity contribution is 5.22. The fraction of sp³-hybridized carbons (Fsp3) is 0.944. The Labute approximate surface area is 274 Å². The summed E-state index contributed by atoms with van der Waals surface area (Å²) >= 11 is 0. The molecule has 4 saturated carbocycles. The second-order valence-electron chi connectivity index (χ2n) is 17.1. The Bertz CT molecular complexity index is 1110. The van der Waals surface area contributed by atoms with Crippen LogP contribution in [0.15, 0.2) is 11.6 Å². The van der Waals surface area contributed by atoms with Gasteiger partial charge in [0.15, 0.2) is 6.29 Å². The zero-order valence-corrected chi connectivity index (χ0v) is 28.8. The van der Waals surface area contributed by atoms with Gasteiger partial charge in [-0.15, -0.1) is 0 Å². The fourth-order valence-corrected chi connectivity index (χ4v) is 12.0. The standard InChI is InChI=1S/C36H62O10/c1-20(17-37)8-7-13-35(6,46-31-30(44)29(43)28(42)23(18-38)45-31)22-11-15-34(5)21(22)9-10-24-33(4)14-12-26(40)32(2,3)25(33)16-27(41)36(24,34)19-39/h8,21-31,37-44H,7,9-19H2,1-6H3/b20-8-/t21-,22+,23-,24-,25+,26+,27+,28-,29+,30-,31+,33-,34-,35+,36+/m1/s1. The first-order chi connectivity index (χ1) is 21.5.